The number of ether oxygens (including phenoxy) is 1. The minimum Gasteiger partial charge on any atom is -0.451 e. The van der Waals surface area contributed by atoms with Crippen molar-refractivity contribution in [2.75, 3.05) is 11.7 Å². The summed E-state index contributed by atoms with van der Waals surface area (Å²) in [5.74, 6) is 1.09. The van der Waals surface area contributed by atoms with Gasteiger partial charge in [-0.15, -0.1) is 11.8 Å². The second-order valence-corrected chi connectivity index (χ2v) is 3.04. The van der Waals surface area contributed by atoms with E-state index < -0.39 is 0 Å². The fourth-order valence-corrected chi connectivity index (χ4v) is 0.659. The minimum atomic E-state index is -0.305. The summed E-state index contributed by atoms with van der Waals surface area (Å²) in [4.78, 5) is 10.7. The first-order valence-electron chi connectivity index (χ1n) is 3.08. The van der Waals surface area contributed by atoms with Gasteiger partial charge in [0, 0.05) is 5.57 Å². The van der Waals surface area contributed by atoms with E-state index in [1.165, 1.54) is 0 Å². The van der Waals surface area contributed by atoms with Crippen LogP contribution in [-0.2, 0) is 9.53 Å². The van der Waals surface area contributed by atoms with Gasteiger partial charge in [-0.25, -0.2) is 4.79 Å². The van der Waals surface area contributed by atoms with Crippen LogP contribution in [0, 0.1) is 0 Å². The molecule has 10 heavy (non-hydrogen) atoms. The highest BCUT2D eigenvalue weighted by Gasteiger charge is 2.00. The molecule has 0 aromatic rings. The van der Waals surface area contributed by atoms with Gasteiger partial charge in [-0.3, -0.25) is 0 Å². The summed E-state index contributed by atoms with van der Waals surface area (Å²) in [5.41, 5.74) is 0.455. The second kappa shape index (κ2) is 5.35. The number of hydrogen-bond donors (Lipinski definition) is 0. The van der Waals surface area contributed by atoms with Gasteiger partial charge in [0.2, 0.25) is 0 Å². The fraction of sp³-hybridized carbons (Fsp3) is 0.571. The first kappa shape index (κ1) is 9.56. The Morgan fingerprint density at radius 3 is 2.70 bits per heavy atom. The molecule has 0 fully saturated rings. The highest BCUT2D eigenvalue weighted by atomic mass is 32.2. The Kier molecular flexibility index (Phi) is 5.12. The van der Waals surface area contributed by atoms with E-state index in [0.717, 1.165) is 5.75 Å². The molecule has 0 aliphatic carbocycles. The van der Waals surface area contributed by atoms with E-state index in [-0.39, 0.29) is 5.97 Å². The summed E-state index contributed by atoms with van der Waals surface area (Å²) >= 11 is 1.57. The van der Waals surface area contributed by atoms with Crippen LogP contribution in [0.15, 0.2) is 12.2 Å². The summed E-state index contributed by atoms with van der Waals surface area (Å²) < 4.78 is 4.77. The molecule has 0 aliphatic heterocycles. The van der Waals surface area contributed by atoms with E-state index in [2.05, 4.69) is 6.58 Å². The van der Waals surface area contributed by atoms with Crippen LogP contribution in [0.5, 0.6) is 0 Å². The Hall–Kier alpha value is -0.440. The molecular formula is C7H12O2S. The lowest BCUT2D eigenvalue weighted by Gasteiger charge is -2.00. The number of carbonyl (C=O) groups is 1. The Morgan fingerprint density at radius 1 is 1.70 bits per heavy atom. The molecule has 0 aromatic heterocycles. The van der Waals surface area contributed by atoms with Crippen molar-refractivity contribution >= 4 is 17.7 Å². The maximum Gasteiger partial charge on any atom is 0.333 e. The van der Waals surface area contributed by atoms with Crippen molar-refractivity contribution in [3.8, 4) is 0 Å². The molecule has 0 atom stereocenters. The molecule has 0 rings (SSSR count). The van der Waals surface area contributed by atoms with Crippen LogP contribution in [0.3, 0.4) is 0 Å². The van der Waals surface area contributed by atoms with Crippen LogP contribution in [0.4, 0.5) is 0 Å². The van der Waals surface area contributed by atoms with Gasteiger partial charge in [0.05, 0.1) is 0 Å². The molecule has 0 saturated carbocycles. The van der Waals surface area contributed by atoms with Crippen molar-refractivity contribution in [1.82, 2.24) is 0 Å². The average Bonchev–Trinajstić information content (AvgIpc) is 1.88. The van der Waals surface area contributed by atoms with Crippen LogP contribution >= 0.6 is 11.8 Å². The smallest absolute Gasteiger partial charge is 0.333 e. The summed E-state index contributed by atoms with van der Waals surface area (Å²) in [5, 5.41) is 0. The van der Waals surface area contributed by atoms with E-state index >= 15 is 0 Å². The highest BCUT2D eigenvalue weighted by molar-refractivity contribution is 7.99. The Balaban J connectivity index is 3.31. The van der Waals surface area contributed by atoms with Crippen LogP contribution < -0.4 is 0 Å². The molecule has 0 amide bonds. The third kappa shape index (κ3) is 4.44. The fourth-order valence-electron chi connectivity index (χ4n) is 0.302. The highest BCUT2D eigenvalue weighted by Crippen LogP contribution is 2.01. The zero-order valence-electron chi connectivity index (χ0n) is 6.35. The van der Waals surface area contributed by atoms with Gasteiger partial charge >= 0.3 is 5.97 Å². The Bertz CT molecular complexity index is 132. The van der Waals surface area contributed by atoms with E-state index in [4.69, 9.17) is 4.74 Å². The summed E-state index contributed by atoms with van der Waals surface area (Å²) in [6.45, 7) is 7.10. The van der Waals surface area contributed by atoms with Gasteiger partial charge in [-0.2, -0.15) is 0 Å². The zero-order valence-corrected chi connectivity index (χ0v) is 7.16. The molecular weight excluding hydrogens is 148 g/mol. The molecule has 0 heterocycles. The van der Waals surface area contributed by atoms with Crippen molar-refractivity contribution in [1.29, 1.82) is 0 Å². The number of carbonyl (C=O) groups excluding carboxylic acids is 1. The van der Waals surface area contributed by atoms with Crippen molar-refractivity contribution < 1.29 is 9.53 Å². The zero-order chi connectivity index (χ0) is 7.98. The lowest BCUT2D eigenvalue weighted by atomic mass is 10.4. The van der Waals surface area contributed by atoms with Crippen LogP contribution in [0.25, 0.3) is 0 Å². The molecule has 0 aromatic carbocycles. The van der Waals surface area contributed by atoms with Gasteiger partial charge in [-0.05, 0) is 12.7 Å². The second-order valence-electron chi connectivity index (χ2n) is 1.82. The van der Waals surface area contributed by atoms with E-state index in [1.807, 2.05) is 6.92 Å². The molecule has 0 saturated heterocycles. The molecule has 0 aliphatic rings. The van der Waals surface area contributed by atoms with Gasteiger partial charge in [0.15, 0.2) is 0 Å². The third-order valence-corrected chi connectivity index (χ3v) is 1.52. The monoisotopic (exact) mass is 160 g/mol. The molecule has 0 spiro atoms. The molecule has 2 nitrogen and oxygen atoms in total. The quantitative estimate of drug-likeness (QED) is 0.271. The molecule has 3 heteroatoms. The first-order chi connectivity index (χ1) is 4.68. The Morgan fingerprint density at radius 2 is 2.30 bits per heavy atom. The third-order valence-electron chi connectivity index (χ3n) is 0.826. The SMILES string of the molecule is C=C(C)C(=O)OCSCC. The van der Waals surface area contributed by atoms with Crippen LogP contribution in [0.1, 0.15) is 13.8 Å². The molecule has 0 bridgehead atoms. The Labute approximate surface area is 65.6 Å². The van der Waals surface area contributed by atoms with Crippen molar-refractivity contribution in [2.24, 2.45) is 0 Å². The average molecular weight is 160 g/mol. The summed E-state index contributed by atoms with van der Waals surface area (Å²) in [7, 11) is 0. The van der Waals surface area contributed by atoms with Crippen molar-refractivity contribution in [2.45, 2.75) is 13.8 Å². The van der Waals surface area contributed by atoms with Gasteiger partial charge in [0.1, 0.15) is 5.94 Å². The first-order valence-corrected chi connectivity index (χ1v) is 4.24. The molecule has 0 N–H and O–H groups in total. The lowest BCUT2D eigenvalue weighted by Crippen LogP contribution is -2.03. The largest absolute Gasteiger partial charge is 0.451 e. The number of rotatable bonds is 4. The summed E-state index contributed by atoms with van der Waals surface area (Å²) in [6, 6.07) is 0. The van der Waals surface area contributed by atoms with Gasteiger partial charge in [-0.1, -0.05) is 13.5 Å². The molecule has 0 unspecified atom stereocenters. The molecule has 58 valence electrons. The topological polar surface area (TPSA) is 26.3 Å². The number of esters is 1. The van der Waals surface area contributed by atoms with E-state index in [9.17, 15) is 4.79 Å². The minimum absolute atomic E-state index is 0.305. The van der Waals surface area contributed by atoms with Gasteiger partial charge in [0.25, 0.3) is 0 Å². The molecule has 0 radical (unpaired) electrons. The predicted octanol–water partition coefficient (Wildman–Crippen LogP) is 1.82. The van der Waals surface area contributed by atoms with Gasteiger partial charge < -0.3 is 4.74 Å². The number of hydrogen-bond acceptors (Lipinski definition) is 3. The van der Waals surface area contributed by atoms with Crippen LogP contribution in [-0.4, -0.2) is 17.7 Å². The number of thioether (sulfide) groups is 1. The van der Waals surface area contributed by atoms with Crippen molar-refractivity contribution in [3.63, 3.8) is 0 Å². The lowest BCUT2D eigenvalue weighted by molar-refractivity contribution is -0.136. The maximum atomic E-state index is 10.7. The van der Waals surface area contributed by atoms with E-state index in [1.54, 1.807) is 18.7 Å². The predicted molar refractivity (Wildman–Crippen MR) is 43.9 cm³/mol. The normalized spacial score (nSPS) is 9.00. The standard InChI is InChI=1S/C7H12O2S/c1-4-10-5-9-7(8)6(2)3/h2,4-5H2,1,3H3. The van der Waals surface area contributed by atoms with E-state index in [0.29, 0.717) is 11.5 Å². The van der Waals surface area contributed by atoms with Crippen LogP contribution in [0.2, 0.25) is 0 Å². The van der Waals surface area contributed by atoms with Crippen molar-refractivity contribution in [3.05, 3.63) is 12.2 Å². The maximum absolute atomic E-state index is 10.7. The summed E-state index contributed by atoms with van der Waals surface area (Å²) in [6.07, 6.45) is 0.